The second kappa shape index (κ2) is 18.8. The number of hydrogen-bond acceptors (Lipinski definition) is 2. The maximum atomic E-state index is 10.7. The molecule has 0 aliphatic carbocycles. The lowest BCUT2D eigenvalue weighted by molar-refractivity contribution is -0.133. The Morgan fingerprint density at radius 1 is 0.760 bits per heavy atom. The van der Waals surface area contributed by atoms with Gasteiger partial charge >= 0.3 is 11.9 Å². The van der Waals surface area contributed by atoms with Gasteiger partial charge in [-0.25, -0.2) is 9.59 Å². The molecule has 0 heterocycles. The first-order valence-electron chi connectivity index (χ1n) is 9.73. The van der Waals surface area contributed by atoms with Crippen molar-refractivity contribution in [2.24, 2.45) is 0 Å². The minimum Gasteiger partial charge on any atom is -0.478 e. The highest BCUT2D eigenvalue weighted by Gasteiger charge is 2.05. The van der Waals surface area contributed by atoms with Gasteiger partial charge in [0, 0.05) is 11.1 Å². The van der Waals surface area contributed by atoms with Gasteiger partial charge in [-0.15, -0.1) is 0 Å². The van der Waals surface area contributed by atoms with E-state index in [1.807, 2.05) is 13.0 Å². The first-order chi connectivity index (χ1) is 11.9. The Labute approximate surface area is 154 Å². The number of carboxylic acids is 2. The van der Waals surface area contributed by atoms with Crippen LogP contribution in [0.1, 0.15) is 97.8 Å². The lowest BCUT2D eigenvalue weighted by Crippen LogP contribution is -2.00. The van der Waals surface area contributed by atoms with Gasteiger partial charge in [-0.3, -0.25) is 0 Å². The molecular weight excluding hydrogens is 316 g/mol. The molecule has 0 saturated carbocycles. The number of aliphatic carboxylic acids is 2. The fourth-order valence-electron chi connectivity index (χ4n) is 2.33. The molecule has 0 aromatic heterocycles. The van der Waals surface area contributed by atoms with Crippen molar-refractivity contribution in [2.45, 2.75) is 97.8 Å². The Kier molecular flexibility index (Phi) is 19.2. The van der Waals surface area contributed by atoms with Crippen LogP contribution in [0.3, 0.4) is 0 Å². The van der Waals surface area contributed by atoms with Crippen molar-refractivity contribution in [1.82, 2.24) is 0 Å². The number of rotatable bonds is 14. The van der Waals surface area contributed by atoms with Crippen molar-refractivity contribution in [1.29, 1.82) is 0 Å². The third-order valence-electron chi connectivity index (χ3n) is 3.91. The number of carboxylic acid groups (broad SMARTS) is 2. The Balaban J connectivity index is 0. The molecule has 4 nitrogen and oxygen atoms in total. The highest BCUT2D eigenvalue weighted by atomic mass is 16.4. The molecule has 0 atom stereocenters. The number of unbranched alkanes of at least 4 members (excludes halogenated alkanes) is 7. The average Bonchev–Trinajstić information content (AvgIpc) is 2.57. The SMILES string of the molecule is C=C(CCCCCCC)C(=O)O.CCC=C(CCCCCC)C(=O)O. The summed E-state index contributed by atoms with van der Waals surface area (Å²) in [6.07, 6.45) is 14.3. The third kappa shape index (κ3) is 18.6. The van der Waals surface area contributed by atoms with Gasteiger partial charge in [-0.05, 0) is 32.1 Å². The lowest BCUT2D eigenvalue weighted by atomic mass is 10.1. The highest BCUT2D eigenvalue weighted by molar-refractivity contribution is 5.86. The standard InChI is InChI=1S/C11H20O2.C10H18O2/c1-3-5-6-7-9-10(8-4-2)11(12)13;1-3-4-5-6-7-8-9(2)10(11)12/h8H,3-7,9H2,1-2H3,(H,12,13);2-8H2,1H3,(H,11,12). The summed E-state index contributed by atoms with van der Waals surface area (Å²) >= 11 is 0. The van der Waals surface area contributed by atoms with Crippen LogP contribution in [0.4, 0.5) is 0 Å². The maximum Gasteiger partial charge on any atom is 0.331 e. The van der Waals surface area contributed by atoms with E-state index < -0.39 is 11.9 Å². The van der Waals surface area contributed by atoms with Crippen LogP contribution in [0.25, 0.3) is 0 Å². The van der Waals surface area contributed by atoms with Crippen LogP contribution < -0.4 is 0 Å². The van der Waals surface area contributed by atoms with Crippen LogP contribution in [0, 0.1) is 0 Å². The van der Waals surface area contributed by atoms with Gasteiger partial charge in [0.2, 0.25) is 0 Å². The van der Waals surface area contributed by atoms with E-state index in [-0.39, 0.29) is 0 Å². The molecule has 0 saturated heterocycles. The summed E-state index contributed by atoms with van der Waals surface area (Å²) in [6.45, 7) is 9.76. The molecule has 4 heteroatoms. The minimum atomic E-state index is -0.856. The van der Waals surface area contributed by atoms with Crippen LogP contribution in [0.5, 0.6) is 0 Å². The topological polar surface area (TPSA) is 74.6 Å². The zero-order chi connectivity index (χ0) is 19.5. The molecule has 0 amide bonds. The summed E-state index contributed by atoms with van der Waals surface area (Å²) in [5.74, 6) is -1.61. The van der Waals surface area contributed by atoms with E-state index in [2.05, 4.69) is 20.4 Å². The molecule has 0 aliphatic rings. The summed E-state index contributed by atoms with van der Waals surface area (Å²) in [7, 11) is 0. The first kappa shape index (κ1) is 25.7. The molecule has 0 aromatic rings. The number of allylic oxidation sites excluding steroid dienone is 1. The number of carbonyl (C=O) groups is 2. The van der Waals surface area contributed by atoms with Crippen LogP contribution in [0.2, 0.25) is 0 Å². The van der Waals surface area contributed by atoms with Crippen molar-refractivity contribution < 1.29 is 19.8 Å². The zero-order valence-electron chi connectivity index (χ0n) is 16.5. The van der Waals surface area contributed by atoms with Gasteiger partial charge in [-0.1, -0.05) is 78.4 Å². The van der Waals surface area contributed by atoms with Crippen LogP contribution in [-0.2, 0) is 9.59 Å². The van der Waals surface area contributed by atoms with E-state index in [1.54, 1.807) is 0 Å². The number of hydrogen-bond donors (Lipinski definition) is 2. The van der Waals surface area contributed by atoms with E-state index in [0.29, 0.717) is 17.6 Å². The monoisotopic (exact) mass is 354 g/mol. The maximum absolute atomic E-state index is 10.7. The molecular formula is C21H38O4. The van der Waals surface area contributed by atoms with Gasteiger partial charge < -0.3 is 10.2 Å². The van der Waals surface area contributed by atoms with Gasteiger partial charge in [0.1, 0.15) is 0 Å². The third-order valence-corrected chi connectivity index (χ3v) is 3.91. The fourth-order valence-corrected chi connectivity index (χ4v) is 2.33. The molecule has 2 N–H and O–H groups in total. The molecule has 0 aromatic carbocycles. The summed E-state index contributed by atoms with van der Waals surface area (Å²) in [4.78, 5) is 21.0. The van der Waals surface area contributed by atoms with Crippen molar-refractivity contribution in [3.8, 4) is 0 Å². The van der Waals surface area contributed by atoms with Crippen LogP contribution >= 0.6 is 0 Å². The zero-order valence-corrected chi connectivity index (χ0v) is 16.5. The lowest BCUT2D eigenvalue weighted by Gasteiger charge is -2.01. The predicted octanol–water partition coefficient (Wildman–Crippen LogP) is 6.37. The molecule has 0 radical (unpaired) electrons. The smallest absolute Gasteiger partial charge is 0.331 e. The summed E-state index contributed by atoms with van der Waals surface area (Å²) in [6, 6.07) is 0. The average molecular weight is 355 g/mol. The van der Waals surface area contributed by atoms with E-state index in [0.717, 1.165) is 38.5 Å². The highest BCUT2D eigenvalue weighted by Crippen LogP contribution is 2.11. The Hall–Kier alpha value is -1.58. The van der Waals surface area contributed by atoms with Crippen molar-refractivity contribution >= 4 is 11.9 Å². The normalized spacial score (nSPS) is 10.8. The van der Waals surface area contributed by atoms with Crippen LogP contribution in [-0.4, -0.2) is 22.2 Å². The molecule has 0 bridgehead atoms. The molecule has 0 aliphatic heterocycles. The summed E-state index contributed by atoms with van der Waals surface area (Å²) in [5, 5.41) is 17.3. The molecule has 25 heavy (non-hydrogen) atoms. The minimum absolute atomic E-state index is 0.339. The van der Waals surface area contributed by atoms with E-state index in [1.165, 1.54) is 32.1 Å². The quantitative estimate of drug-likeness (QED) is 0.281. The van der Waals surface area contributed by atoms with E-state index >= 15 is 0 Å². The second-order valence-electron chi connectivity index (χ2n) is 6.33. The van der Waals surface area contributed by atoms with Gasteiger partial charge in [-0.2, -0.15) is 0 Å². The van der Waals surface area contributed by atoms with E-state index in [4.69, 9.17) is 10.2 Å². The molecule has 0 unspecified atom stereocenters. The van der Waals surface area contributed by atoms with Crippen molar-refractivity contribution in [3.63, 3.8) is 0 Å². The van der Waals surface area contributed by atoms with Gasteiger partial charge in [0.15, 0.2) is 0 Å². The molecule has 0 fully saturated rings. The van der Waals surface area contributed by atoms with Gasteiger partial charge in [0.05, 0.1) is 0 Å². The molecule has 146 valence electrons. The van der Waals surface area contributed by atoms with Crippen molar-refractivity contribution in [2.75, 3.05) is 0 Å². The summed E-state index contributed by atoms with van der Waals surface area (Å²) < 4.78 is 0. The first-order valence-corrected chi connectivity index (χ1v) is 9.73. The fraction of sp³-hybridized carbons (Fsp3) is 0.714. The molecule has 0 rings (SSSR count). The molecule has 0 spiro atoms. The predicted molar refractivity (Wildman–Crippen MR) is 105 cm³/mol. The Morgan fingerprint density at radius 3 is 1.68 bits per heavy atom. The summed E-state index contributed by atoms with van der Waals surface area (Å²) in [5.41, 5.74) is 0.921. The second-order valence-corrected chi connectivity index (χ2v) is 6.33. The van der Waals surface area contributed by atoms with Crippen molar-refractivity contribution in [3.05, 3.63) is 23.8 Å². The Bertz CT molecular complexity index is 397. The van der Waals surface area contributed by atoms with E-state index in [9.17, 15) is 9.59 Å². The Morgan fingerprint density at radius 2 is 1.24 bits per heavy atom. The van der Waals surface area contributed by atoms with Gasteiger partial charge in [0.25, 0.3) is 0 Å². The van der Waals surface area contributed by atoms with Crippen LogP contribution in [0.15, 0.2) is 23.8 Å². The largest absolute Gasteiger partial charge is 0.478 e.